The fourth-order valence-electron chi connectivity index (χ4n) is 3.61. The average Bonchev–Trinajstić information content (AvgIpc) is 2.28. The third-order valence-corrected chi connectivity index (χ3v) is 4.19. The molecule has 0 radical (unpaired) electrons. The SMILES string of the molecule is Cc1cc2c3c(c1)CN(CCO)CC3CCC2. The fraction of sp³-hybridized carbons (Fsp3) is 0.600. The first kappa shape index (κ1) is 11.2. The molecule has 2 aliphatic rings. The van der Waals surface area contributed by atoms with Gasteiger partial charge >= 0.3 is 0 Å². The second kappa shape index (κ2) is 4.43. The highest BCUT2D eigenvalue weighted by molar-refractivity contribution is 5.44. The van der Waals surface area contributed by atoms with Crippen molar-refractivity contribution in [3.8, 4) is 0 Å². The number of hydrogen-bond donors (Lipinski definition) is 1. The molecule has 0 fully saturated rings. The molecule has 0 bridgehead atoms. The zero-order valence-electron chi connectivity index (χ0n) is 10.6. The molecule has 1 atom stereocenters. The standard InChI is InChI=1S/C15H21NO/c1-11-7-12-3-2-4-13-9-16(5-6-17)10-14(8-11)15(12)13/h7-8,13,17H,2-6,9-10H2,1H3. The predicted molar refractivity (Wildman–Crippen MR) is 69.2 cm³/mol. The molecule has 3 rings (SSSR count). The van der Waals surface area contributed by atoms with Gasteiger partial charge in [-0.15, -0.1) is 0 Å². The molecule has 1 aliphatic carbocycles. The van der Waals surface area contributed by atoms with Gasteiger partial charge in [0.15, 0.2) is 0 Å². The van der Waals surface area contributed by atoms with E-state index in [1.807, 2.05) is 0 Å². The van der Waals surface area contributed by atoms with Crippen molar-refractivity contribution >= 4 is 0 Å². The Morgan fingerprint density at radius 2 is 2.18 bits per heavy atom. The Hall–Kier alpha value is -0.860. The topological polar surface area (TPSA) is 23.5 Å². The average molecular weight is 231 g/mol. The Labute approximate surface area is 103 Å². The molecule has 0 saturated carbocycles. The quantitative estimate of drug-likeness (QED) is 0.843. The Kier molecular flexibility index (Phi) is 2.93. The molecular weight excluding hydrogens is 210 g/mol. The molecule has 2 heteroatoms. The van der Waals surface area contributed by atoms with E-state index in [4.69, 9.17) is 5.11 Å². The van der Waals surface area contributed by atoms with E-state index in [-0.39, 0.29) is 6.61 Å². The molecule has 92 valence electrons. The van der Waals surface area contributed by atoms with Crippen molar-refractivity contribution in [1.82, 2.24) is 4.90 Å². The maximum absolute atomic E-state index is 9.11. The minimum atomic E-state index is 0.278. The highest BCUT2D eigenvalue weighted by Gasteiger charge is 2.29. The third kappa shape index (κ3) is 2.00. The van der Waals surface area contributed by atoms with Gasteiger partial charge in [-0.2, -0.15) is 0 Å². The molecule has 0 amide bonds. The summed E-state index contributed by atoms with van der Waals surface area (Å²) in [5.74, 6) is 0.717. The van der Waals surface area contributed by atoms with E-state index in [0.717, 1.165) is 25.6 Å². The van der Waals surface area contributed by atoms with Crippen molar-refractivity contribution in [2.24, 2.45) is 0 Å². The largest absolute Gasteiger partial charge is 0.395 e. The van der Waals surface area contributed by atoms with Crippen LogP contribution in [0, 0.1) is 6.92 Å². The minimum Gasteiger partial charge on any atom is -0.395 e. The van der Waals surface area contributed by atoms with Crippen LogP contribution in [-0.4, -0.2) is 29.7 Å². The molecule has 1 aliphatic heterocycles. The lowest BCUT2D eigenvalue weighted by Gasteiger charge is -2.38. The van der Waals surface area contributed by atoms with Gasteiger partial charge < -0.3 is 5.11 Å². The Morgan fingerprint density at radius 3 is 3.00 bits per heavy atom. The number of aliphatic hydroxyl groups excluding tert-OH is 1. The second-order valence-corrected chi connectivity index (χ2v) is 5.54. The molecule has 1 aromatic carbocycles. The minimum absolute atomic E-state index is 0.278. The van der Waals surface area contributed by atoms with Crippen LogP contribution in [0.3, 0.4) is 0 Å². The summed E-state index contributed by atoms with van der Waals surface area (Å²) in [7, 11) is 0. The lowest BCUT2D eigenvalue weighted by molar-refractivity contribution is 0.167. The van der Waals surface area contributed by atoms with Crippen LogP contribution in [0.25, 0.3) is 0 Å². The summed E-state index contributed by atoms with van der Waals surface area (Å²) >= 11 is 0. The summed E-state index contributed by atoms with van der Waals surface area (Å²) in [5.41, 5.74) is 6.16. The first-order valence-electron chi connectivity index (χ1n) is 6.73. The van der Waals surface area contributed by atoms with E-state index in [1.165, 1.54) is 30.4 Å². The lowest BCUT2D eigenvalue weighted by atomic mass is 9.77. The van der Waals surface area contributed by atoms with Crippen LogP contribution in [0.2, 0.25) is 0 Å². The van der Waals surface area contributed by atoms with Gasteiger partial charge in [0.25, 0.3) is 0 Å². The maximum atomic E-state index is 9.11. The van der Waals surface area contributed by atoms with E-state index >= 15 is 0 Å². The summed E-state index contributed by atoms with van der Waals surface area (Å²) in [6.45, 7) is 5.47. The van der Waals surface area contributed by atoms with Crippen LogP contribution in [0.15, 0.2) is 12.1 Å². The molecular formula is C15H21NO. The van der Waals surface area contributed by atoms with Gasteiger partial charge in [-0.05, 0) is 48.8 Å². The van der Waals surface area contributed by atoms with Crippen LogP contribution < -0.4 is 0 Å². The molecule has 0 aromatic heterocycles. The smallest absolute Gasteiger partial charge is 0.0558 e. The highest BCUT2D eigenvalue weighted by Crippen LogP contribution is 2.39. The Bertz CT molecular complexity index is 427. The van der Waals surface area contributed by atoms with Gasteiger partial charge in [0.05, 0.1) is 6.61 Å². The van der Waals surface area contributed by atoms with Gasteiger partial charge in [-0.1, -0.05) is 17.7 Å². The first-order valence-corrected chi connectivity index (χ1v) is 6.73. The van der Waals surface area contributed by atoms with Crippen molar-refractivity contribution in [3.05, 3.63) is 34.4 Å². The predicted octanol–water partition coefficient (Wildman–Crippen LogP) is 2.22. The van der Waals surface area contributed by atoms with Crippen LogP contribution in [0.4, 0.5) is 0 Å². The molecule has 0 saturated heterocycles. The van der Waals surface area contributed by atoms with E-state index < -0.39 is 0 Å². The van der Waals surface area contributed by atoms with Gasteiger partial charge in [0.2, 0.25) is 0 Å². The molecule has 1 heterocycles. The monoisotopic (exact) mass is 231 g/mol. The summed E-state index contributed by atoms with van der Waals surface area (Å²) in [4.78, 5) is 2.40. The van der Waals surface area contributed by atoms with E-state index in [9.17, 15) is 0 Å². The zero-order chi connectivity index (χ0) is 11.8. The number of aryl methyl sites for hydroxylation is 2. The van der Waals surface area contributed by atoms with Gasteiger partial charge in [0, 0.05) is 19.6 Å². The van der Waals surface area contributed by atoms with Gasteiger partial charge in [0.1, 0.15) is 0 Å². The number of benzene rings is 1. The third-order valence-electron chi connectivity index (χ3n) is 4.19. The number of aliphatic hydroxyl groups is 1. The van der Waals surface area contributed by atoms with Gasteiger partial charge in [-0.3, -0.25) is 4.90 Å². The van der Waals surface area contributed by atoms with Crippen molar-refractivity contribution in [3.63, 3.8) is 0 Å². The number of nitrogens with zero attached hydrogens (tertiary/aromatic N) is 1. The van der Waals surface area contributed by atoms with Crippen molar-refractivity contribution in [1.29, 1.82) is 0 Å². The van der Waals surface area contributed by atoms with Gasteiger partial charge in [-0.25, -0.2) is 0 Å². The Morgan fingerprint density at radius 1 is 1.35 bits per heavy atom. The highest BCUT2D eigenvalue weighted by atomic mass is 16.3. The van der Waals surface area contributed by atoms with Crippen LogP contribution in [0.5, 0.6) is 0 Å². The van der Waals surface area contributed by atoms with E-state index in [2.05, 4.69) is 24.0 Å². The summed E-state index contributed by atoms with van der Waals surface area (Å²) < 4.78 is 0. The van der Waals surface area contributed by atoms with Crippen LogP contribution >= 0.6 is 0 Å². The van der Waals surface area contributed by atoms with E-state index in [1.54, 1.807) is 11.1 Å². The van der Waals surface area contributed by atoms with Crippen molar-refractivity contribution in [2.75, 3.05) is 19.7 Å². The molecule has 1 N–H and O–H groups in total. The normalized spacial score (nSPS) is 23.5. The first-order chi connectivity index (χ1) is 8.28. The summed E-state index contributed by atoms with van der Waals surface area (Å²) in [6, 6.07) is 4.73. The second-order valence-electron chi connectivity index (χ2n) is 5.54. The molecule has 1 unspecified atom stereocenters. The van der Waals surface area contributed by atoms with Crippen molar-refractivity contribution in [2.45, 2.75) is 38.6 Å². The summed E-state index contributed by atoms with van der Waals surface area (Å²) in [6.07, 6.45) is 3.92. The molecule has 0 spiro atoms. The molecule has 17 heavy (non-hydrogen) atoms. The maximum Gasteiger partial charge on any atom is 0.0558 e. The number of hydrogen-bond acceptors (Lipinski definition) is 2. The van der Waals surface area contributed by atoms with Crippen LogP contribution in [-0.2, 0) is 13.0 Å². The van der Waals surface area contributed by atoms with Crippen molar-refractivity contribution < 1.29 is 5.11 Å². The summed E-state index contributed by atoms with van der Waals surface area (Å²) in [5, 5.41) is 9.11. The molecule has 1 aromatic rings. The fourth-order valence-corrected chi connectivity index (χ4v) is 3.61. The lowest BCUT2D eigenvalue weighted by Crippen LogP contribution is -2.37. The molecule has 2 nitrogen and oxygen atoms in total. The van der Waals surface area contributed by atoms with E-state index in [0.29, 0.717) is 0 Å². The van der Waals surface area contributed by atoms with Crippen LogP contribution in [0.1, 0.15) is 41.0 Å². The zero-order valence-corrected chi connectivity index (χ0v) is 10.6. The number of β-amino-alcohol motifs (C(OH)–C–C–N with tert-alkyl or cyclic N) is 1. The Balaban J connectivity index is 2.00. The number of rotatable bonds is 2.